The van der Waals surface area contributed by atoms with Gasteiger partial charge in [-0.05, 0) is 30.3 Å². The van der Waals surface area contributed by atoms with Crippen LogP contribution in [0.4, 0.5) is 8.78 Å². The molecule has 2 aromatic carbocycles. The smallest absolute Gasteiger partial charge is 0.277 e. The molecule has 0 spiro atoms. The standard InChI is InChI=1S/C15H9ClF2N2OS/c16-11-6-4-9(5-7-11)14-19-20-15(21-14)22-8-10-2-1-3-12(17)13(10)18/h1-7H,8H2. The summed E-state index contributed by atoms with van der Waals surface area (Å²) in [4.78, 5) is 0. The van der Waals surface area contributed by atoms with Crippen molar-refractivity contribution < 1.29 is 13.2 Å². The molecule has 0 amide bonds. The van der Waals surface area contributed by atoms with E-state index >= 15 is 0 Å². The number of thioether (sulfide) groups is 1. The summed E-state index contributed by atoms with van der Waals surface area (Å²) in [5.74, 6) is -1.18. The lowest BCUT2D eigenvalue weighted by Crippen LogP contribution is -1.91. The average Bonchev–Trinajstić information content (AvgIpc) is 2.98. The van der Waals surface area contributed by atoms with Gasteiger partial charge in [-0.1, -0.05) is 35.5 Å². The monoisotopic (exact) mass is 338 g/mol. The lowest BCUT2D eigenvalue weighted by atomic mass is 10.2. The number of halogens is 3. The lowest BCUT2D eigenvalue weighted by Gasteiger charge is -2.01. The summed E-state index contributed by atoms with van der Waals surface area (Å²) in [5, 5.41) is 8.70. The highest BCUT2D eigenvalue weighted by molar-refractivity contribution is 7.98. The van der Waals surface area contributed by atoms with E-state index in [4.69, 9.17) is 16.0 Å². The van der Waals surface area contributed by atoms with Crippen molar-refractivity contribution in [1.29, 1.82) is 0 Å². The van der Waals surface area contributed by atoms with Crippen LogP contribution in [0.3, 0.4) is 0 Å². The molecule has 112 valence electrons. The number of rotatable bonds is 4. The van der Waals surface area contributed by atoms with Crippen molar-refractivity contribution in [3.8, 4) is 11.5 Å². The fraction of sp³-hybridized carbons (Fsp3) is 0.0667. The van der Waals surface area contributed by atoms with Crippen LogP contribution in [-0.2, 0) is 5.75 Å². The Labute approximate surface area is 134 Å². The van der Waals surface area contributed by atoms with Gasteiger partial charge >= 0.3 is 0 Å². The fourth-order valence-corrected chi connectivity index (χ4v) is 2.64. The van der Waals surface area contributed by atoms with Crippen molar-refractivity contribution in [2.45, 2.75) is 11.0 Å². The Kier molecular flexibility index (Phi) is 4.40. The number of nitrogens with zero attached hydrogens (tertiary/aromatic N) is 2. The summed E-state index contributed by atoms with van der Waals surface area (Å²) >= 11 is 6.95. The molecule has 0 bridgehead atoms. The molecule has 22 heavy (non-hydrogen) atoms. The summed E-state index contributed by atoms with van der Waals surface area (Å²) in [6, 6.07) is 11.0. The van der Waals surface area contributed by atoms with E-state index in [0.29, 0.717) is 10.9 Å². The molecule has 0 saturated heterocycles. The van der Waals surface area contributed by atoms with E-state index in [0.717, 1.165) is 23.4 Å². The zero-order valence-corrected chi connectivity index (χ0v) is 12.7. The molecule has 1 aromatic heterocycles. The van der Waals surface area contributed by atoms with Gasteiger partial charge in [-0.25, -0.2) is 8.78 Å². The van der Waals surface area contributed by atoms with E-state index in [-0.39, 0.29) is 16.5 Å². The van der Waals surface area contributed by atoms with E-state index in [1.54, 1.807) is 24.3 Å². The molecule has 3 aromatic rings. The van der Waals surface area contributed by atoms with E-state index in [1.807, 2.05) is 0 Å². The third-order valence-corrected chi connectivity index (χ3v) is 4.00. The SMILES string of the molecule is Fc1cccc(CSc2nnc(-c3ccc(Cl)cc3)o2)c1F. The Bertz CT molecular complexity index is 792. The van der Waals surface area contributed by atoms with E-state index in [9.17, 15) is 8.78 Å². The molecule has 0 aliphatic rings. The van der Waals surface area contributed by atoms with Crippen LogP contribution in [0.15, 0.2) is 52.1 Å². The summed E-state index contributed by atoms with van der Waals surface area (Å²) in [6.07, 6.45) is 0. The van der Waals surface area contributed by atoms with Crippen LogP contribution in [0.1, 0.15) is 5.56 Å². The second-order valence-corrected chi connectivity index (χ2v) is 5.74. The summed E-state index contributed by atoms with van der Waals surface area (Å²) < 4.78 is 32.1. The van der Waals surface area contributed by atoms with Crippen molar-refractivity contribution in [3.63, 3.8) is 0 Å². The van der Waals surface area contributed by atoms with Crippen LogP contribution in [-0.4, -0.2) is 10.2 Å². The zero-order chi connectivity index (χ0) is 15.5. The van der Waals surface area contributed by atoms with Crippen molar-refractivity contribution in [2.24, 2.45) is 0 Å². The first-order chi connectivity index (χ1) is 10.6. The highest BCUT2D eigenvalue weighted by atomic mass is 35.5. The van der Waals surface area contributed by atoms with Gasteiger partial charge in [-0.15, -0.1) is 10.2 Å². The molecule has 0 atom stereocenters. The van der Waals surface area contributed by atoms with Gasteiger partial charge in [0.05, 0.1) is 0 Å². The van der Waals surface area contributed by atoms with Crippen molar-refractivity contribution in [2.75, 3.05) is 0 Å². The van der Waals surface area contributed by atoms with Crippen LogP contribution in [0.25, 0.3) is 11.5 Å². The number of aromatic nitrogens is 2. The number of hydrogen-bond acceptors (Lipinski definition) is 4. The van der Waals surface area contributed by atoms with Gasteiger partial charge in [0, 0.05) is 21.9 Å². The van der Waals surface area contributed by atoms with Crippen molar-refractivity contribution >= 4 is 23.4 Å². The predicted molar refractivity (Wildman–Crippen MR) is 80.7 cm³/mol. The molecule has 1 heterocycles. The van der Waals surface area contributed by atoms with Crippen molar-refractivity contribution in [1.82, 2.24) is 10.2 Å². The molecule has 0 unspecified atom stereocenters. The van der Waals surface area contributed by atoms with Crippen LogP contribution < -0.4 is 0 Å². The highest BCUT2D eigenvalue weighted by Gasteiger charge is 2.12. The summed E-state index contributed by atoms with van der Waals surface area (Å²) in [6.45, 7) is 0. The van der Waals surface area contributed by atoms with E-state index < -0.39 is 11.6 Å². The molecular formula is C15H9ClF2N2OS. The van der Waals surface area contributed by atoms with Crippen LogP contribution in [0.5, 0.6) is 0 Å². The van der Waals surface area contributed by atoms with Gasteiger partial charge < -0.3 is 4.42 Å². The molecule has 0 radical (unpaired) electrons. The van der Waals surface area contributed by atoms with Gasteiger partial charge in [-0.3, -0.25) is 0 Å². The maximum absolute atomic E-state index is 13.5. The first kappa shape index (κ1) is 15.0. The van der Waals surface area contributed by atoms with Crippen LogP contribution >= 0.6 is 23.4 Å². The molecule has 0 fully saturated rings. The minimum absolute atomic E-state index is 0.200. The fourth-order valence-electron chi connectivity index (χ4n) is 1.78. The van der Waals surface area contributed by atoms with Gasteiger partial charge in [-0.2, -0.15) is 0 Å². The lowest BCUT2D eigenvalue weighted by molar-refractivity contribution is 0.465. The second-order valence-electron chi connectivity index (χ2n) is 4.38. The molecular weight excluding hydrogens is 330 g/mol. The van der Waals surface area contributed by atoms with Crippen LogP contribution in [0, 0.1) is 11.6 Å². The molecule has 0 N–H and O–H groups in total. The number of hydrogen-bond donors (Lipinski definition) is 0. The molecule has 3 rings (SSSR count). The third-order valence-electron chi connectivity index (χ3n) is 2.88. The Morgan fingerprint density at radius 3 is 2.59 bits per heavy atom. The third kappa shape index (κ3) is 3.28. The second kappa shape index (κ2) is 6.46. The molecule has 0 saturated carbocycles. The van der Waals surface area contributed by atoms with Gasteiger partial charge in [0.1, 0.15) is 0 Å². The minimum atomic E-state index is -0.870. The first-order valence-corrected chi connectivity index (χ1v) is 7.65. The molecule has 3 nitrogen and oxygen atoms in total. The topological polar surface area (TPSA) is 38.9 Å². The molecule has 7 heteroatoms. The molecule has 0 aliphatic carbocycles. The van der Waals surface area contributed by atoms with E-state index in [1.165, 1.54) is 12.1 Å². The average molecular weight is 339 g/mol. The Morgan fingerprint density at radius 1 is 1.05 bits per heavy atom. The summed E-state index contributed by atoms with van der Waals surface area (Å²) in [7, 11) is 0. The maximum Gasteiger partial charge on any atom is 0.277 e. The Hall–Kier alpha value is -1.92. The van der Waals surface area contributed by atoms with Gasteiger partial charge in [0.25, 0.3) is 5.22 Å². The largest absolute Gasteiger partial charge is 0.411 e. The van der Waals surface area contributed by atoms with E-state index in [2.05, 4.69) is 10.2 Å². The predicted octanol–water partition coefficient (Wildman–Crippen LogP) is 4.96. The van der Waals surface area contributed by atoms with Crippen LogP contribution in [0.2, 0.25) is 5.02 Å². The minimum Gasteiger partial charge on any atom is -0.411 e. The highest BCUT2D eigenvalue weighted by Crippen LogP contribution is 2.27. The van der Waals surface area contributed by atoms with Crippen molar-refractivity contribution in [3.05, 3.63) is 64.7 Å². The normalized spacial score (nSPS) is 10.9. The Morgan fingerprint density at radius 2 is 1.82 bits per heavy atom. The van der Waals surface area contributed by atoms with Gasteiger partial charge in [0.15, 0.2) is 11.6 Å². The van der Waals surface area contributed by atoms with Gasteiger partial charge in [0.2, 0.25) is 5.89 Å². The zero-order valence-electron chi connectivity index (χ0n) is 11.1. The number of benzene rings is 2. The summed E-state index contributed by atoms with van der Waals surface area (Å²) in [5.41, 5.74) is 0.983. The quantitative estimate of drug-likeness (QED) is 0.630. The Balaban J connectivity index is 1.72. The maximum atomic E-state index is 13.5. The molecule has 0 aliphatic heterocycles. The first-order valence-electron chi connectivity index (χ1n) is 6.28.